The van der Waals surface area contributed by atoms with Crippen molar-refractivity contribution in [2.45, 2.75) is 55.0 Å². The van der Waals surface area contributed by atoms with E-state index in [-0.39, 0.29) is 74.6 Å². The van der Waals surface area contributed by atoms with E-state index in [9.17, 15) is 30.8 Å². The van der Waals surface area contributed by atoms with E-state index < -0.39 is 38.9 Å². The molecule has 2 aliphatic rings. The Labute approximate surface area is 213 Å². The predicted molar refractivity (Wildman–Crippen MR) is 125 cm³/mol. The average Bonchev–Trinajstić information content (AvgIpc) is 3.26. The summed E-state index contributed by atoms with van der Waals surface area (Å²) in [5.74, 6) is -5.07. The molecule has 0 unspecified atom stereocenters. The van der Waals surface area contributed by atoms with Crippen LogP contribution in [0.2, 0.25) is 0 Å². The number of hydrogen-bond donors (Lipinski definition) is 0. The van der Waals surface area contributed by atoms with Crippen LogP contribution in [-0.2, 0) is 17.1 Å². The molecule has 0 N–H and O–H groups in total. The number of hydrogen-bond acceptors (Lipinski definition) is 6. The average molecular weight is 554 g/mol. The lowest BCUT2D eigenvalue weighted by atomic mass is 9.74. The zero-order valence-corrected chi connectivity index (χ0v) is 21.3. The van der Waals surface area contributed by atoms with Crippen LogP contribution in [0.25, 0.3) is 0 Å². The Morgan fingerprint density at radius 2 is 1.69 bits per heavy atom. The van der Waals surface area contributed by atoms with Crippen LogP contribution in [0.5, 0.6) is 0 Å². The maximum Gasteiger partial charge on any atom is 0.264 e. The van der Waals surface area contributed by atoms with E-state index in [1.165, 1.54) is 15.2 Å². The zero-order chi connectivity index (χ0) is 25.4. The molecule has 1 aliphatic heterocycles. The fourth-order valence-electron chi connectivity index (χ4n) is 4.98. The first-order valence-electron chi connectivity index (χ1n) is 11.4. The number of piperazine rings is 1. The SMILES string of the molecule is Cl.Cn1cc(S(=O)(=O)N2CCN(C3(CCC(=O)c4ccc(F)cc4F)CCC(F)(F)CC3)CC2)nn1. The number of halogens is 5. The van der Waals surface area contributed by atoms with Crippen LogP contribution in [0.1, 0.15) is 48.9 Å². The first-order chi connectivity index (χ1) is 16.4. The predicted octanol–water partition coefficient (Wildman–Crippen LogP) is 3.43. The van der Waals surface area contributed by atoms with Gasteiger partial charge in [-0.05, 0) is 31.4 Å². The van der Waals surface area contributed by atoms with Crippen molar-refractivity contribution in [2.75, 3.05) is 26.2 Å². The number of sulfonamides is 1. The summed E-state index contributed by atoms with van der Waals surface area (Å²) >= 11 is 0. The van der Waals surface area contributed by atoms with Crippen molar-refractivity contribution >= 4 is 28.2 Å². The highest BCUT2D eigenvalue weighted by molar-refractivity contribution is 7.89. The lowest BCUT2D eigenvalue weighted by Crippen LogP contribution is -2.59. The molecule has 14 heteroatoms. The molecule has 0 atom stereocenters. The Bertz CT molecular complexity index is 1190. The van der Waals surface area contributed by atoms with Crippen LogP contribution in [0.15, 0.2) is 29.4 Å². The van der Waals surface area contributed by atoms with Gasteiger partial charge in [0.25, 0.3) is 10.0 Å². The molecule has 2 fully saturated rings. The van der Waals surface area contributed by atoms with Gasteiger partial charge in [0.15, 0.2) is 5.78 Å². The summed E-state index contributed by atoms with van der Waals surface area (Å²) in [7, 11) is -2.28. The maximum atomic E-state index is 14.1. The monoisotopic (exact) mass is 553 g/mol. The Morgan fingerprint density at radius 1 is 1.06 bits per heavy atom. The van der Waals surface area contributed by atoms with Gasteiger partial charge in [0.05, 0.1) is 11.8 Å². The van der Waals surface area contributed by atoms with Crippen molar-refractivity contribution in [1.29, 1.82) is 0 Å². The molecule has 0 bridgehead atoms. The molecule has 4 rings (SSSR count). The van der Waals surface area contributed by atoms with Gasteiger partial charge in [0, 0.05) is 64.1 Å². The summed E-state index contributed by atoms with van der Waals surface area (Å²) in [6, 6.07) is 2.73. The van der Waals surface area contributed by atoms with Crippen LogP contribution in [0, 0.1) is 11.6 Å². The smallest absolute Gasteiger partial charge is 0.264 e. The number of benzene rings is 1. The van der Waals surface area contributed by atoms with Gasteiger partial charge in [0.2, 0.25) is 10.9 Å². The third kappa shape index (κ3) is 5.90. The summed E-state index contributed by atoms with van der Waals surface area (Å²) in [6.45, 7) is 0.865. The number of carbonyl (C=O) groups excluding carboxylic acids is 1. The van der Waals surface area contributed by atoms with Gasteiger partial charge in [-0.2, -0.15) is 4.31 Å². The van der Waals surface area contributed by atoms with Crippen LogP contribution in [0.4, 0.5) is 17.6 Å². The fourth-order valence-corrected chi connectivity index (χ4v) is 6.32. The molecule has 1 saturated heterocycles. The van der Waals surface area contributed by atoms with Gasteiger partial charge in [-0.15, -0.1) is 17.5 Å². The molecule has 1 aromatic heterocycles. The van der Waals surface area contributed by atoms with Crippen LogP contribution in [0.3, 0.4) is 0 Å². The molecule has 2 aromatic rings. The minimum atomic E-state index is -3.84. The van der Waals surface area contributed by atoms with E-state index in [4.69, 9.17) is 0 Å². The lowest BCUT2D eigenvalue weighted by Gasteiger charge is -2.50. The molecule has 1 aromatic carbocycles. The number of rotatable bonds is 7. The Hall–Kier alpha value is -2.09. The summed E-state index contributed by atoms with van der Waals surface area (Å²) in [5, 5.41) is 7.19. The van der Waals surface area contributed by atoms with E-state index in [1.807, 2.05) is 4.90 Å². The van der Waals surface area contributed by atoms with E-state index >= 15 is 0 Å². The van der Waals surface area contributed by atoms with E-state index in [2.05, 4.69) is 10.3 Å². The molecule has 0 radical (unpaired) electrons. The van der Waals surface area contributed by atoms with Gasteiger partial charge in [-0.25, -0.2) is 26.0 Å². The number of aromatic nitrogens is 3. The first-order valence-corrected chi connectivity index (χ1v) is 12.8. The maximum absolute atomic E-state index is 14.1. The van der Waals surface area contributed by atoms with Crippen molar-refractivity contribution in [3.8, 4) is 0 Å². The summed E-state index contributed by atoms with van der Waals surface area (Å²) < 4.78 is 83.6. The highest BCUT2D eigenvalue weighted by atomic mass is 35.5. The van der Waals surface area contributed by atoms with E-state index in [1.54, 1.807) is 7.05 Å². The van der Waals surface area contributed by atoms with Crippen LogP contribution >= 0.6 is 12.4 Å². The van der Waals surface area contributed by atoms with Gasteiger partial charge >= 0.3 is 0 Å². The summed E-state index contributed by atoms with van der Waals surface area (Å²) in [6.07, 6.45) is 1.02. The minimum Gasteiger partial charge on any atom is -0.295 e. The number of carbonyl (C=O) groups is 1. The van der Waals surface area contributed by atoms with E-state index in [0.717, 1.165) is 12.1 Å². The van der Waals surface area contributed by atoms with Gasteiger partial charge in [-0.1, -0.05) is 5.21 Å². The van der Waals surface area contributed by atoms with Crippen LogP contribution < -0.4 is 0 Å². The third-order valence-corrected chi connectivity index (χ3v) is 8.82. The Morgan fingerprint density at radius 3 is 2.25 bits per heavy atom. The highest BCUT2D eigenvalue weighted by Gasteiger charge is 2.47. The number of aryl methyl sites for hydroxylation is 1. The van der Waals surface area contributed by atoms with Gasteiger partial charge in [0.1, 0.15) is 11.6 Å². The number of alkyl halides is 2. The number of nitrogens with zero attached hydrogens (tertiary/aromatic N) is 5. The molecule has 1 saturated carbocycles. The molecular weight excluding hydrogens is 526 g/mol. The minimum absolute atomic E-state index is 0. The molecule has 0 amide bonds. The standard InChI is InChI=1S/C22H27F4N5O3S.ClH/c1-29-15-20(27-28-29)35(33,34)31-12-10-30(11-13-31)21(6-8-22(25,26)9-7-21)5-4-19(32)17-3-2-16(23)14-18(17)24;/h2-3,14-15H,4-13H2,1H3;1H. The third-order valence-electron chi connectivity index (χ3n) is 7.06. The molecule has 1 aliphatic carbocycles. The summed E-state index contributed by atoms with van der Waals surface area (Å²) in [5.41, 5.74) is -0.974. The largest absolute Gasteiger partial charge is 0.295 e. The second kappa shape index (κ2) is 10.7. The zero-order valence-electron chi connectivity index (χ0n) is 19.7. The number of Topliss-reactive ketones (excluding diaryl/α,β-unsaturated/α-hetero) is 1. The highest BCUT2D eigenvalue weighted by Crippen LogP contribution is 2.44. The quantitative estimate of drug-likeness (QED) is 0.386. The number of ketones is 1. The van der Waals surface area contributed by atoms with Crippen molar-refractivity contribution in [3.63, 3.8) is 0 Å². The Kier molecular flexibility index (Phi) is 8.48. The molecule has 200 valence electrons. The van der Waals surface area contributed by atoms with E-state index in [0.29, 0.717) is 19.2 Å². The summed E-state index contributed by atoms with van der Waals surface area (Å²) in [4.78, 5) is 14.7. The molecule has 0 spiro atoms. The van der Waals surface area contributed by atoms with Crippen molar-refractivity contribution in [3.05, 3.63) is 41.6 Å². The van der Waals surface area contributed by atoms with Crippen molar-refractivity contribution in [1.82, 2.24) is 24.2 Å². The molecule has 8 nitrogen and oxygen atoms in total. The molecule has 36 heavy (non-hydrogen) atoms. The van der Waals surface area contributed by atoms with Crippen LogP contribution in [-0.4, -0.2) is 76.0 Å². The molecular formula is C22H28ClF4N5O3S. The fraction of sp³-hybridized carbons (Fsp3) is 0.591. The van der Waals surface area contributed by atoms with Crippen molar-refractivity contribution < 1.29 is 30.8 Å². The Balaban J connectivity index is 0.00000361. The van der Waals surface area contributed by atoms with Gasteiger partial charge in [-0.3, -0.25) is 14.4 Å². The lowest BCUT2D eigenvalue weighted by molar-refractivity contribution is -0.0891. The normalized spacial score (nSPS) is 20.6. The second-order valence-corrected chi connectivity index (χ2v) is 11.1. The second-order valence-electron chi connectivity index (χ2n) is 9.25. The van der Waals surface area contributed by atoms with Crippen molar-refractivity contribution in [2.24, 2.45) is 7.05 Å². The first kappa shape index (κ1) is 28.5. The molecule has 2 heterocycles. The topological polar surface area (TPSA) is 88.4 Å². The van der Waals surface area contributed by atoms with Gasteiger partial charge < -0.3 is 0 Å².